The number of carbonyl (C=O) groups is 1. The molecule has 4 heterocycles. The smallest absolute Gasteiger partial charge is 0.309 e. The topological polar surface area (TPSA) is 120 Å². The van der Waals surface area contributed by atoms with Gasteiger partial charge in [0.25, 0.3) is 5.89 Å². The monoisotopic (exact) mass is 399 g/mol. The average molecular weight is 399 g/mol. The third-order valence-corrected chi connectivity index (χ3v) is 4.80. The van der Waals surface area contributed by atoms with Gasteiger partial charge in [-0.2, -0.15) is 5.10 Å². The molecule has 0 aliphatic carbocycles. The van der Waals surface area contributed by atoms with E-state index in [1.54, 1.807) is 12.4 Å². The molecule has 3 aromatic rings. The largest absolute Gasteiger partial charge is 0.412 e. The van der Waals surface area contributed by atoms with Crippen LogP contribution in [0, 0.1) is 0 Å². The van der Waals surface area contributed by atoms with Gasteiger partial charge < -0.3 is 19.8 Å². The van der Waals surface area contributed by atoms with Crippen LogP contribution < -0.4 is 10.6 Å². The third-order valence-electron chi connectivity index (χ3n) is 4.80. The zero-order valence-corrected chi connectivity index (χ0v) is 16.8. The van der Waals surface area contributed by atoms with Gasteiger partial charge in [0.1, 0.15) is 0 Å². The molecule has 3 aromatic heterocycles. The molecule has 154 valence electrons. The van der Waals surface area contributed by atoms with Crippen molar-refractivity contribution >= 4 is 22.6 Å². The lowest BCUT2D eigenvalue weighted by Gasteiger charge is -2.25. The van der Waals surface area contributed by atoms with Gasteiger partial charge in [-0.15, -0.1) is 10.2 Å². The maximum atomic E-state index is 12.2. The molecule has 0 bridgehead atoms. The molecule has 29 heavy (non-hydrogen) atoms. The minimum atomic E-state index is -0.398. The van der Waals surface area contributed by atoms with Crippen molar-refractivity contribution in [3.05, 3.63) is 18.3 Å². The average Bonchev–Trinajstić information content (AvgIpc) is 3.36. The number of anilines is 1. The number of ether oxygens (including phenoxy) is 1. The van der Waals surface area contributed by atoms with E-state index in [9.17, 15) is 4.79 Å². The molecule has 1 aliphatic heterocycles. The van der Waals surface area contributed by atoms with Gasteiger partial charge in [-0.05, 0) is 33.6 Å². The van der Waals surface area contributed by atoms with E-state index in [0.29, 0.717) is 12.1 Å². The van der Waals surface area contributed by atoms with Crippen LogP contribution in [0.15, 0.2) is 16.8 Å². The van der Waals surface area contributed by atoms with Crippen LogP contribution in [-0.2, 0) is 11.3 Å². The van der Waals surface area contributed by atoms with Crippen LogP contribution in [0.4, 0.5) is 5.69 Å². The molecule has 10 heteroatoms. The minimum absolute atomic E-state index is 0.0264. The first-order chi connectivity index (χ1) is 14.1. The fraction of sp³-hybridized carbons (Fsp3) is 0.526. The summed E-state index contributed by atoms with van der Waals surface area (Å²) < 4.78 is 13.0. The number of aryl methyl sites for hydroxylation is 1. The normalized spacial score (nSPS) is 15.2. The molecule has 4 rings (SSSR count). The summed E-state index contributed by atoms with van der Waals surface area (Å²) in [6, 6.07) is 0.228. The number of pyridine rings is 1. The summed E-state index contributed by atoms with van der Waals surface area (Å²) in [5, 5.41) is 19.7. The first-order valence-corrected chi connectivity index (χ1v) is 9.90. The first kappa shape index (κ1) is 19.3. The van der Waals surface area contributed by atoms with Crippen molar-refractivity contribution in [2.45, 2.75) is 52.2 Å². The molecule has 10 nitrogen and oxygen atoms in total. The van der Waals surface area contributed by atoms with Crippen molar-refractivity contribution in [2.75, 3.05) is 18.5 Å². The summed E-state index contributed by atoms with van der Waals surface area (Å²) in [6.45, 7) is 7.91. The first-order valence-electron chi connectivity index (χ1n) is 9.90. The molecular weight excluding hydrogens is 374 g/mol. The van der Waals surface area contributed by atoms with Crippen LogP contribution in [0.1, 0.15) is 44.3 Å². The van der Waals surface area contributed by atoms with Gasteiger partial charge in [0.15, 0.2) is 5.65 Å². The third kappa shape index (κ3) is 3.93. The molecule has 0 saturated carbocycles. The molecule has 1 aliphatic rings. The molecule has 0 radical (unpaired) electrons. The van der Waals surface area contributed by atoms with Crippen LogP contribution in [0.2, 0.25) is 0 Å². The Hall–Kier alpha value is -3.01. The number of nitrogens with one attached hydrogen (secondary N) is 2. The van der Waals surface area contributed by atoms with Crippen LogP contribution in [0.5, 0.6) is 0 Å². The summed E-state index contributed by atoms with van der Waals surface area (Å²) in [5.74, 6) is -0.229. The number of aromatic nitrogens is 5. The highest BCUT2D eigenvalue weighted by Crippen LogP contribution is 2.34. The van der Waals surface area contributed by atoms with E-state index in [1.807, 2.05) is 25.5 Å². The predicted molar refractivity (Wildman–Crippen MR) is 107 cm³/mol. The van der Waals surface area contributed by atoms with Crippen molar-refractivity contribution in [3.63, 3.8) is 0 Å². The predicted octanol–water partition coefficient (Wildman–Crippen LogP) is 2.23. The van der Waals surface area contributed by atoms with Gasteiger partial charge in [0, 0.05) is 38.0 Å². The van der Waals surface area contributed by atoms with E-state index < -0.39 is 5.91 Å². The van der Waals surface area contributed by atoms with Crippen LogP contribution in [-0.4, -0.2) is 56.2 Å². The van der Waals surface area contributed by atoms with Gasteiger partial charge in [-0.3, -0.25) is 4.79 Å². The summed E-state index contributed by atoms with van der Waals surface area (Å²) in [7, 11) is 0. The number of amides is 1. The molecule has 1 fully saturated rings. The quantitative estimate of drug-likeness (QED) is 0.647. The van der Waals surface area contributed by atoms with Crippen molar-refractivity contribution in [1.29, 1.82) is 0 Å². The van der Waals surface area contributed by atoms with Gasteiger partial charge in [-0.25, -0.2) is 9.67 Å². The highest BCUT2D eigenvalue weighted by atomic mass is 16.5. The maximum Gasteiger partial charge on any atom is 0.309 e. The van der Waals surface area contributed by atoms with Crippen molar-refractivity contribution in [2.24, 2.45) is 0 Å². The Bertz CT molecular complexity index is 1000. The lowest BCUT2D eigenvalue weighted by molar-refractivity contribution is 0.0902. The molecule has 1 saturated heterocycles. The summed E-state index contributed by atoms with van der Waals surface area (Å²) >= 11 is 0. The zero-order valence-electron chi connectivity index (χ0n) is 16.8. The number of nitrogens with zero attached hydrogens (tertiary/aromatic N) is 5. The Kier molecular flexibility index (Phi) is 5.43. The van der Waals surface area contributed by atoms with Crippen LogP contribution >= 0.6 is 0 Å². The Morgan fingerprint density at radius 3 is 2.79 bits per heavy atom. The Morgan fingerprint density at radius 1 is 1.28 bits per heavy atom. The van der Waals surface area contributed by atoms with Crippen molar-refractivity contribution < 1.29 is 13.9 Å². The second-order valence-electron chi connectivity index (χ2n) is 7.32. The van der Waals surface area contributed by atoms with Crippen molar-refractivity contribution in [3.8, 4) is 11.5 Å². The number of hydrogen-bond donors (Lipinski definition) is 2. The van der Waals surface area contributed by atoms with E-state index in [-0.39, 0.29) is 23.9 Å². The van der Waals surface area contributed by atoms with E-state index in [0.717, 1.165) is 42.8 Å². The second-order valence-corrected chi connectivity index (χ2v) is 7.32. The Balaban J connectivity index is 1.74. The van der Waals surface area contributed by atoms with Gasteiger partial charge >= 0.3 is 11.8 Å². The van der Waals surface area contributed by atoms with E-state index in [1.165, 1.54) is 0 Å². The lowest BCUT2D eigenvalue weighted by atomic mass is 10.1. The van der Waals surface area contributed by atoms with Gasteiger partial charge in [-0.1, -0.05) is 0 Å². The summed E-state index contributed by atoms with van der Waals surface area (Å²) in [4.78, 5) is 16.7. The molecule has 0 atom stereocenters. The fourth-order valence-corrected chi connectivity index (χ4v) is 3.37. The highest BCUT2D eigenvalue weighted by Gasteiger charge is 2.23. The number of hydrogen-bond acceptors (Lipinski definition) is 8. The van der Waals surface area contributed by atoms with E-state index >= 15 is 0 Å². The lowest BCUT2D eigenvalue weighted by Crippen LogP contribution is -2.30. The number of rotatable bonds is 6. The van der Waals surface area contributed by atoms with Gasteiger partial charge in [0.2, 0.25) is 0 Å². The molecule has 0 spiro atoms. The van der Waals surface area contributed by atoms with Crippen LogP contribution in [0.3, 0.4) is 0 Å². The summed E-state index contributed by atoms with van der Waals surface area (Å²) in [6.07, 6.45) is 5.28. The zero-order chi connectivity index (χ0) is 20.4. The Morgan fingerprint density at radius 2 is 2.07 bits per heavy atom. The fourth-order valence-electron chi connectivity index (χ4n) is 3.37. The van der Waals surface area contributed by atoms with Gasteiger partial charge in [0.05, 0.1) is 22.8 Å². The molecule has 1 amide bonds. The molecular formula is C19H25N7O3. The summed E-state index contributed by atoms with van der Waals surface area (Å²) in [5.41, 5.74) is 2.26. The molecule has 0 unspecified atom stereocenters. The Labute approximate surface area is 168 Å². The molecule has 0 aromatic carbocycles. The highest BCUT2D eigenvalue weighted by molar-refractivity contribution is 5.97. The van der Waals surface area contributed by atoms with Crippen molar-refractivity contribution in [1.82, 2.24) is 30.3 Å². The SMILES string of the molecule is CCn1ncc2c(NC3CCOCC3)c(-c3nnc(C(=O)NC(C)C)o3)cnc21. The standard InChI is InChI=1S/C19H25N7O3/c1-4-26-16-13(10-21-26)15(23-12-5-7-28-8-6-12)14(9-20-16)18-24-25-19(29-18)17(27)22-11(2)3/h9-12H,4-8H2,1-3H3,(H,20,23)(H,22,27). The van der Waals surface area contributed by atoms with E-state index in [2.05, 4.69) is 30.9 Å². The maximum absolute atomic E-state index is 12.2. The van der Waals surface area contributed by atoms with Crippen LogP contribution in [0.25, 0.3) is 22.5 Å². The number of carbonyl (C=O) groups excluding carboxylic acids is 1. The molecule has 2 N–H and O–H groups in total. The van der Waals surface area contributed by atoms with E-state index in [4.69, 9.17) is 9.15 Å². The second kappa shape index (κ2) is 8.16. The minimum Gasteiger partial charge on any atom is -0.412 e. The number of fused-ring (bicyclic) bond motifs is 1.